The smallest absolute Gasteiger partial charge is 0.119 e. The van der Waals surface area contributed by atoms with Crippen molar-refractivity contribution in [1.82, 2.24) is 9.80 Å². The van der Waals surface area contributed by atoms with Gasteiger partial charge in [-0.3, -0.25) is 9.80 Å². The zero-order chi connectivity index (χ0) is 30.4. The predicted molar refractivity (Wildman–Crippen MR) is 183 cm³/mol. The molecule has 232 valence electrons. The summed E-state index contributed by atoms with van der Waals surface area (Å²) in [5.41, 5.74) is 5.16. The van der Waals surface area contributed by atoms with E-state index < -0.39 is 0 Å². The monoisotopic (exact) mass is 590 g/mol. The van der Waals surface area contributed by atoms with Gasteiger partial charge in [-0.2, -0.15) is 0 Å². The topological polar surface area (TPSA) is 24.9 Å². The molecule has 0 saturated carbocycles. The normalized spacial score (nSPS) is 20.0. The fraction of sp³-hybridized carbons (Fsp3) is 0.400. The Labute approximate surface area is 265 Å². The van der Waals surface area contributed by atoms with Crippen molar-refractivity contribution in [2.45, 2.75) is 52.6 Å². The van der Waals surface area contributed by atoms with Crippen LogP contribution >= 0.6 is 0 Å². The molecule has 0 spiro atoms. The Bertz CT molecular complexity index is 1240. The van der Waals surface area contributed by atoms with Crippen LogP contribution in [0.1, 0.15) is 50.7 Å². The number of rotatable bonds is 4. The van der Waals surface area contributed by atoms with E-state index in [2.05, 4.69) is 133 Å². The minimum Gasteiger partial charge on any atom is -0.493 e. The molecule has 2 atom stereocenters. The van der Waals surface area contributed by atoms with Crippen molar-refractivity contribution in [2.24, 2.45) is 11.8 Å². The van der Waals surface area contributed by atoms with Crippen molar-refractivity contribution < 1.29 is 9.47 Å². The van der Waals surface area contributed by atoms with Crippen molar-refractivity contribution in [3.05, 3.63) is 120 Å². The van der Waals surface area contributed by atoms with Gasteiger partial charge in [0.15, 0.2) is 0 Å². The molecule has 0 fully saturated rings. The maximum Gasteiger partial charge on any atom is 0.119 e. The minimum absolute atomic E-state index is 0.481. The fourth-order valence-corrected chi connectivity index (χ4v) is 5.83. The molecular weight excluding hydrogens is 540 g/mol. The Morgan fingerprint density at radius 3 is 1.27 bits per heavy atom. The molecule has 4 nitrogen and oxygen atoms in total. The van der Waals surface area contributed by atoms with Crippen LogP contribution in [0.5, 0.6) is 11.5 Å². The second-order valence-electron chi connectivity index (χ2n) is 12.7. The summed E-state index contributed by atoms with van der Waals surface area (Å²) < 4.78 is 12.4. The molecule has 3 aliphatic heterocycles. The molecule has 4 aromatic carbocycles. The number of hydrogen-bond acceptors (Lipinski definition) is 4. The van der Waals surface area contributed by atoms with Gasteiger partial charge in [-0.25, -0.2) is 0 Å². The second kappa shape index (κ2) is 17.0. The van der Waals surface area contributed by atoms with Crippen LogP contribution in [0.4, 0.5) is 0 Å². The number of benzene rings is 4. The third-order valence-electron chi connectivity index (χ3n) is 8.68. The molecule has 4 bridgehead atoms. The lowest BCUT2D eigenvalue weighted by Gasteiger charge is -2.26. The van der Waals surface area contributed by atoms with E-state index in [-0.39, 0.29) is 0 Å². The van der Waals surface area contributed by atoms with Crippen molar-refractivity contribution in [2.75, 3.05) is 39.4 Å². The molecular formula is C40H50N2O2. The van der Waals surface area contributed by atoms with E-state index in [0.717, 1.165) is 76.8 Å². The first-order valence-electron chi connectivity index (χ1n) is 16.6. The van der Waals surface area contributed by atoms with Crippen molar-refractivity contribution in [3.63, 3.8) is 0 Å². The summed E-state index contributed by atoms with van der Waals surface area (Å²) in [6, 6.07) is 38.8. The zero-order valence-electron chi connectivity index (χ0n) is 26.7. The van der Waals surface area contributed by atoms with Gasteiger partial charge in [-0.15, -0.1) is 0 Å². The van der Waals surface area contributed by atoms with Crippen LogP contribution in [0, 0.1) is 11.8 Å². The minimum atomic E-state index is 0.481. The molecule has 0 radical (unpaired) electrons. The molecule has 0 N–H and O–H groups in total. The van der Waals surface area contributed by atoms with Crippen LogP contribution in [-0.2, 0) is 13.1 Å². The third kappa shape index (κ3) is 10.5. The molecule has 2 unspecified atom stereocenters. The van der Waals surface area contributed by atoms with Crippen LogP contribution in [0.2, 0.25) is 0 Å². The number of hydrogen-bond donors (Lipinski definition) is 0. The average Bonchev–Trinajstić information content (AvgIpc) is 3.07. The van der Waals surface area contributed by atoms with Gasteiger partial charge in [0.2, 0.25) is 0 Å². The highest BCUT2D eigenvalue weighted by Gasteiger charge is 2.13. The van der Waals surface area contributed by atoms with E-state index in [0.29, 0.717) is 11.8 Å². The largest absolute Gasteiger partial charge is 0.493 e. The first-order valence-corrected chi connectivity index (χ1v) is 16.6. The molecule has 4 heteroatoms. The van der Waals surface area contributed by atoms with E-state index in [1.807, 2.05) is 0 Å². The van der Waals surface area contributed by atoms with Crippen molar-refractivity contribution in [1.29, 1.82) is 0 Å². The standard InChI is InChI=1S/C40H50N2O2/c1-33-23-27-41(29-35-11-5-3-6-12-35)25-9-10-26-42(30-36-13-7-4-8-14-36)28-24-34(2)32-44-40-21-17-38(18-22-40)37-15-19-39(20-16-37)43-31-33/h3-8,11-22,33-34H,9-10,23-32H2,1-2H3. The fourth-order valence-electron chi connectivity index (χ4n) is 5.83. The Hall–Kier alpha value is -3.60. The van der Waals surface area contributed by atoms with Crippen LogP contribution in [0.25, 0.3) is 11.1 Å². The molecule has 7 rings (SSSR count). The summed E-state index contributed by atoms with van der Waals surface area (Å²) in [6.45, 7) is 12.5. The maximum atomic E-state index is 6.22. The average molecular weight is 591 g/mol. The highest BCUT2D eigenvalue weighted by Crippen LogP contribution is 2.25. The van der Waals surface area contributed by atoms with Gasteiger partial charge < -0.3 is 9.47 Å². The van der Waals surface area contributed by atoms with Gasteiger partial charge >= 0.3 is 0 Å². The summed E-state index contributed by atoms with van der Waals surface area (Å²) in [7, 11) is 0. The van der Waals surface area contributed by atoms with Crippen LogP contribution < -0.4 is 9.47 Å². The highest BCUT2D eigenvalue weighted by atomic mass is 16.5. The third-order valence-corrected chi connectivity index (χ3v) is 8.68. The SMILES string of the molecule is CC1CCN(Cc2ccccc2)CCCCN(Cc2ccccc2)CCC(C)COc2ccc(cc2)-c2ccc(cc2)OC1. The van der Waals surface area contributed by atoms with Gasteiger partial charge in [0.1, 0.15) is 11.5 Å². The quantitative estimate of drug-likeness (QED) is 0.237. The lowest BCUT2D eigenvalue weighted by atomic mass is 10.1. The van der Waals surface area contributed by atoms with Crippen LogP contribution in [-0.4, -0.2) is 49.2 Å². The molecule has 0 aromatic heterocycles. The Morgan fingerprint density at radius 1 is 0.500 bits per heavy atom. The predicted octanol–water partition coefficient (Wildman–Crippen LogP) is 8.96. The lowest BCUT2D eigenvalue weighted by Crippen LogP contribution is -2.30. The van der Waals surface area contributed by atoms with Gasteiger partial charge in [0, 0.05) is 13.1 Å². The molecule has 3 heterocycles. The highest BCUT2D eigenvalue weighted by molar-refractivity contribution is 5.64. The Kier molecular flexibility index (Phi) is 12.3. The van der Waals surface area contributed by atoms with E-state index in [9.17, 15) is 0 Å². The number of nitrogens with zero attached hydrogens (tertiary/aromatic N) is 2. The summed E-state index contributed by atoms with van der Waals surface area (Å²) in [4.78, 5) is 5.29. The summed E-state index contributed by atoms with van der Waals surface area (Å²) in [6.07, 6.45) is 4.64. The van der Waals surface area contributed by atoms with Gasteiger partial charge in [0.25, 0.3) is 0 Å². The number of ether oxygens (including phenoxy) is 2. The zero-order valence-corrected chi connectivity index (χ0v) is 26.7. The summed E-state index contributed by atoms with van der Waals surface area (Å²) in [5.74, 6) is 2.83. The maximum absolute atomic E-state index is 6.22. The molecule has 4 aromatic rings. The second-order valence-corrected chi connectivity index (χ2v) is 12.7. The van der Waals surface area contributed by atoms with Crippen molar-refractivity contribution in [3.8, 4) is 22.6 Å². The van der Waals surface area contributed by atoms with E-state index in [4.69, 9.17) is 9.47 Å². The van der Waals surface area contributed by atoms with Crippen LogP contribution in [0.3, 0.4) is 0 Å². The summed E-state index contributed by atoms with van der Waals surface area (Å²) >= 11 is 0. The first kappa shape index (κ1) is 31.8. The van der Waals surface area contributed by atoms with E-state index in [1.54, 1.807) is 0 Å². The van der Waals surface area contributed by atoms with E-state index >= 15 is 0 Å². The van der Waals surface area contributed by atoms with E-state index in [1.165, 1.54) is 35.1 Å². The molecule has 0 aliphatic carbocycles. The van der Waals surface area contributed by atoms with Gasteiger partial charge in [-0.1, -0.05) is 98.8 Å². The Morgan fingerprint density at radius 2 is 0.886 bits per heavy atom. The van der Waals surface area contributed by atoms with Crippen molar-refractivity contribution >= 4 is 0 Å². The molecule has 0 amide bonds. The molecule has 3 aliphatic rings. The lowest BCUT2D eigenvalue weighted by molar-refractivity contribution is 0.191. The van der Waals surface area contributed by atoms with Gasteiger partial charge in [-0.05, 0) is 110 Å². The molecule has 0 saturated heterocycles. The number of fused-ring (bicyclic) bond motifs is 2. The molecule has 44 heavy (non-hydrogen) atoms. The summed E-state index contributed by atoms with van der Waals surface area (Å²) in [5, 5.41) is 0. The van der Waals surface area contributed by atoms with Gasteiger partial charge in [0.05, 0.1) is 13.2 Å². The Balaban J connectivity index is 1.27. The van der Waals surface area contributed by atoms with Crippen LogP contribution in [0.15, 0.2) is 109 Å². The first-order chi connectivity index (χ1) is 21.6.